The van der Waals surface area contributed by atoms with Crippen molar-refractivity contribution in [2.24, 2.45) is 11.5 Å². The van der Waals surface area contributed by atoms with Gasteiger partial charge < -0.3 is 22.1 Å². The van der Waals surface area contributed by atoms with Crippen molar-refractivity contribution in [2.45, 2.75) is 77.3 Å². The van der Waals surface area contributed by atoms with E-state index in [0.717, 1.165) is 39.0 Å². The van der Waals surface area contributed by atoms with Gasteiger partial charge in [-0.3, -0.25) is 0 Å². The third-order valence-electron chi connectivity index (χ3n) is 3.51. The minimum Gasteiger partial charge on any atom is -0.328 e. The van der Waals surface area contributed by atoms with Gasteiger partial charge >= 0.3 is 0 Å². The molecule has 0 fully saturated rings. The molecule has 4 nitrogen and oxygen atoms in total. The van der Waals surface area contributed by atoms with Gasteiger partial charge in [0.25, 0.3) is 0 Å². The molecule has 154 valence electrons. The average molecular weight is 432 g/mol. The number of unbranched alkanes of at least 4 members (excludes halogenated alkanes) is 5. The fraction of sp³-hybridized carbons (Fsp3) is 1.00. The van der Waals surface area contributed by atoms with E-state index in [-0.39, 0.29) is 49.6 Å². The zero-order chi connectivity index (χ0) is 15.1. The van der Waals surface area contributed by atoms with E-state index in [1.54, 1.807) is 0 Å². The van der Waals surface area contributed by atoms with Gasteiger partial charge in [-0.05, 0) is 65.7 Å². The molecular weight excluding hydrogens is 390 g/mol. The summed E-state index contributed by atoms with van der Waals surface area (Å²) in [6, 6.07) is 0.647. The number of hydrogen-bond donors (Lipinski definition) is 4. The SMILES string of the molecule is CC(N)CCNCCCCCCCCNCCC(C)N.Cl.Cl.Cl.Cl. The lowest BCUT2D eigenvalue weighted by Crippen LogP contribution is -2.24. The Morgan fingerprint density at radius 2 is 0.833 bits per heavy atom. The zero-order valence-electron chi connectivity index (χ0n) is 15.4. The molecule has 0 radical (unpaired) electrons. The Kier molecular flexibility index (Phi) is 43.2. The first-order valence-corrected chi connectivity index (χ1v) is 8.55. The third-order valence-corrected chi connectivity index (χ3v) is 3.51. The van der Waals surface area contributed by atoms with Crippen LogP contribution in [0.25, 0.3) is 0 Å². The summed E-state index contributed by atoms with van der Waals surface area (Å²) >= 11 is 0. The van der Waals surface area contributed by atoms with Crippen molar-refractivity contribution >= 4 is 49.6 Å². The van der Waals surface area contributed by atoms with Gasteiger partial charge in [0, 0.05) is 12.1 Å². The lowest BCUT2D eigenvalue weighted by Gasteiger charge is -2.07. The highest BCUT2D eigenvalue weighted by Gasteiger charge is 1.95. The first kappa shape index (κ1) is 36.0. The number of nitrogens with two attached hydrogens (primary N) is 2. The molecule has 2 unspecified atom stereocenters. The second kappa shape index (κ2) is 28.8. The van der Waals surface area contributed by atoms with Crippen LogP contribution in [0.4, 0.5) is 0 Å². The summed E-state index contributed by atoms with van der Waals surface area (Å²) in [4.78, 5) is 0. The molecular formula is C16H42Cl4N4. The normalized spacial score (nSPS) is 12.0. The summed E-state index contributed by atoms with van der Waals surface area (Å²) in [7, 11) is 0. The van der Waals surface area contributed by atoms with E-state index < -0.39 is 0 Å². The molecule has 0 aliphatic carbocycles. The van der Waals surface area contributed by atoms with Crippen LogP contribution in [0, 0.1) is 0 Å². The first-order chi connectivity index (χ1) is 9.63. The van der Waals surface area contributed by atoms with Crippen molar-refractivity contribution in [1.82, 2.24) is 10.6 Å². The van der Waals surface area contributed by atoms with Crippen LogP contribution < -0.4 is 22.1 Å². The Hall–Kier alpha value is 1.00. The van der Waals surface area contributed by atoms with E-state index in [1.807, 2.05) is 0 Å². The first-order valence-electron chi connectivity index (χ1n) is 8.55. The highest BCUT2D eigenvalue weighted by Crippen LogP contribution is 2.04. The second-order valence-corrected chi connectivity index (χ2v) is 6.15. The lowest BCUT2D eigenvalue weighted by molar-refractivity contribution is 0.529. The molecule has 0 aromatic carbocycles. The Balaban J connectivity index is -0.000000301. The van der Waals surface area contributed by atoms with Crippen molar-refractivity contribution in [2.75, 3.05) is 26.2 Å². The Labute approximate surface area is 175 Å². The summed E-state index contributed by atoms with van der Waals surface area (Å²) < 4.78 is 0. The van der Waals surface area contributed by atoms with Crippen molar-refractivity contribution in [3.63, 3.8) is 0 Å². The lowest BCUT2D eigenvalue weighted by atomic mass is 10.1. The number of hydrogen-bond acceptors (Lipinski definition) is 4. The minimum absolute atomic E-state index is 0. The van der Waals surface area contributed by atoms with Gasteiger partial charge in [0.15, 0.2) is 0 Å². The molecule has 2 atom stereocenters. The summed E-state index contributed by atoms with van der Waals surface area (Å²) in [5, 5.41) is 6.90. The van der Waals surface area contributed by atoms with E-state index in [1.165, 1.54) is 38.5 Å². The smallest absolute Gasteiger partial charge is 0.00225 e. The topological polar surface area (TPSA) is 76.1 Å². The minimum atomic E-state index is 0. The van der Waals surface area contributed by atoms with E-state index in [2.05, 4.69) is 24.5 Å². The van der Waals surface area contributed by atoms with Crippen LogP contribution in [0.3, 0.4) is 0 Å². The summed E-state index contributed by atoms with van der Waals surface area (Å²) in [5.41, 5.74) is 11.4. The summed E-state index contributed by atoms with van der Waals surface area (Å²) in [6.45, 7) is 8.53. The molecule has 0 amide bonds. The molecule has 0 saturated carbocycles. The second-order valence-electron chi connectivity index (χ2n) is 6.15. The van der Waals surface area contributed by atoms with Crippen molar-refractivity contribution in [1.29, 1.82) is 0 Å². The number of halogens is 4. The molecule has 0 aliphatic rings. The quantitative estimate of drug-likeness (QED) is 0.298. The molecule has 0 bridgehead atoms. The van der Waals surface area contributed by atoms with Gasteiger partial charge in [-0.25, -0.2) is 0 Å². The third kappa shape index (κ3) is 34.4. The summed E-state index contributed by atoms with van der Waals surface area (Å²) in [6.07, 6.45) is 10.2. The summed E-state index contributed by atoms with van der Waals surface area (Å²) in [5.74, 6) is 0. The van der Waals surface area contributed by atoms with Crippen LogP contribution in [-0.4, -0.2) is 38.3 Å². The van der Waals surface area contributed by atoms with Gasteiger partial charge in [-0.2, -0.15) is 0 Å². The maximum atomic E-state index is 5.70. The van der Waals surface area contributed by atoms with Crippen molar-refractivity contribution in [3.8, 4) is 0 Å². The van der Waals surface area contributed by atoms with E-state index in [9.17, 15) is 0 Å². The fourth-order valence-electron chi connectivity index (χ4n) is 2.12. The number of rotatable bonds is 15. The Morgan fingerprint density at radius 1 is 0.542 bits per heavy atom. The predicted octanol–water partition coefficient (Wildman–Crippen LogP) is 3.67. The van der Waals surface area contributed by atoms with Crippen LogP contribution in [0.2, 0.25) is 0 Å². The zero-order valence-corrected chi connectivity index (χ0v) is 18.7. The Morgan fingerprint density at radius 3 is 1.12 bits per heavy atom. The molecule has 0 saturated heterocycles. The van der Waals surface area contributed by atoms with E-state index in [0.29, 0.717) is 12.1 Å². The highest BCUT2D eigenvalue weighted by atomic mass is 35.5. The highest BCUT2D eigenvalue weighted by molar-refractivity contribution is 5.86. The van der Waals surface area contributed by atoms with Gasteiger partial charge in [0.05, 0.1) is 0 Å². The maximum Gasteiger partial charge on any atom is 0.00225 e. The van der Waals surface area contributed by atoms with E-state index >= 15 is 0 Å². The van der Waals surface area contributed by atoms with Crippen LogP contribution in [0.5, 0.6) is 0 Å². The van der Waals surface area contributed by atoms with Crippen molar-refractivity contribution in [3.05, 3.63) is 0 Å². The average Bonchev–Trinajstić information content (AvgIpc) is 2.38. The molecule has 0 aromatic heterocycles. The van der Waals surface area contributed by atoms with Gasteiger partial charge in [0.1, 0.15) is 0 Å². The molecule has 6 N–H and O–H groups in total. The van der Waals surface area contributed by atoms with Crippen LogP contribution in [0.15, 0.2) is 0 Å². The Bertz CT molecular complexity index is 179. The van der Waals surface area contributed by atoms with Gasteiger partial charge in [0.2, 0.25) is 0 Å². The molecule has 8 heteroatoms. The number of nitrogens with one attached hydrogen (secondary N) is 2. The van der Waals surface area contributed by atoms with Gasteiger partial charge in [-0.15, -0.1) is 49.6 Å². The molecule has 0 heterocycles. The van der Waals surface area contributed by atoms with Crippen molar-refractivity contribution < 1.29 is 0 Å². The molecule has 0 rings (SSSR count). The molecule has 0 aromatic rings. The maximum absolute atomic E-state index is 5.70. The van der Waals surface area contributed by atoms with Gasteiger partial charge in [-0.1, -0.05) is 25.7 Å². The molecule has 24 heavy (non-hydrogen) atoms. The predicted molar refractivity (Wildman–Crippen MR) is 119 cm³/mol. The van der Waals surface area contributed by atoms with Crippen LogP contribution in [-0.2, 0) is 0 Å². The van der Waals surface area contributed by atoms with Crippen LogP contribution >= 0.6 is 49.6 Å². The largest absolute Gasteiger partial charge is 0.328 e. The molecule has 0 spiro atoms. The van der Waals surface area contributed by atoms with Crippen LogP contribution in [0.1, 0.15) is 65.2 Å². The molecule has 0 aliphatic heterocycles. The van der Waals surface area contributed by atoms with E-state index in [4.69, 9.17) is 11.5 Å². The monoisotopic (exact) mass is 430 g/mol. The standard InChI is InChI=1S/C16H38N4.4ClH/c1-15(17)9-13-19-11-7-5-3-4-6-8-12-20-14-10-16(2)18;;;;/h15-16,19-20H,3-14,17-18H2,1-2H3;4*1H. The fourth-order valence-corrected chi connectivity index (χ4v) is 2.12.